The van der Waals surface area contributed by atoms with E-state index in [0.29, 0.717) is 24.3 Å². The summed E-state index contributed by atoms with van der Waals surface area (Å²) in [6, 6.07) is 21.2. The van der Waals surface area contributed by atoms with Crippen molar-refractivity contribution in [3.63, 3.8) is 0 Å². The Balaban J connectivity index is 1.78. The van der Waals surface area contributed by atoms with Crippen LogP contribution in [-0.2, 0) is 17.6 Å². The molecular weight excluding hydrogens is 342 g/mol. The molecule has 150 valence electrons. The minimum Gasteiger partial charge on any atom is -0.339 e. The molecule has 1 heterocycles. The van der Waals surface area contributed by atoms with E-state index in [2.05, 4.69) is 61.2 Å². The molecule has 1 fully saturated rings. The zero-order valence-corrected chi connectivity index (χ0v) is 17.5. The first-order valence-corrected chi connectivity index (χ1v) is 11.1. The highest BCUT2D eigenvalue weighted by Gasteiger charge is 2.36. The van der Waals surface area contributed by atoms with Crippen molar-refractivity contribution in [3.05, 3.63) is 71.8 Å². The van der Waals surface area contributed by atoms with Gasteiger partial charge in [0.2, 0.25) is 5.91 Å². The summed E-state index contributed by atoms with van der Waals surface area (Å²) in [6.07, 6.45) is 7.61. The van der Waals surface area contributed by atoms with Gasteiger partial charge in [0, 0.05) is 12.6 Å². The van der Waals surface area contributed by atoms with Gasteiger partial charge in [0.1, 0.15) is 0 Å². The minimum atomic E-state index is 0.295. The van der Waals surface area contributed by atoms with E-state index in [1.807, 2.05) is 18.2 Å². The van der Waals surface area contributed by atoms with Crippen molar-refractivity contribution in [1.82, 2.24) is 4.90 Å². The molecule has 28 heavy (non-hydrogen) atoms. The van der Waals surface area contributed by atoms with Crippen molar-refractivity contribution in [2.45, 2.75) is 64.8 Å². The maximum absolute atomic E-state index is 13.3. The summed E-state index contributed by atoms with van der Waals surface area (Å²) < 4.78 is 0. The largest absolute Gasteiger partial charge is 0.339 e. The Morgan fingerprint density at radius 1 is 0.929 bits per heavy atom. The van der Waals surface area contributed by atoms with E-state index in [-0.39, 0.29) is 0 Å². The lowest BCUT2D eigenvalue weighted by molar-refractivity contribution is -0.136. The Labute approximate surface area is 171 Å². The molecule has 1 amide bonds. The highest BCUT2D eigenvalue weighted by molar-refractivity contribution is 5.79. The monoisotopic (exact) mass is 377 g/mol. The maximum atomic E-state index is 13.3. The van der Waals surface area contributed by atoms with Crippen molar-refractivity contribution in [3.8, 4) is 0 Å². The average Bonchev–Trinajstić information content (AvgIpc) is 2.73. The lowest BCUT2D eigenvalue weighted by Crippen LogP contribution is -2.51. The number of piperidine rings is 1. The maximum Gasteiger partial charge on any atom is 0.227 e. The third-order valence-electron chi connectivity index (χ3n) is 6.40. The number of benzene rings is 2. The Morgan fingerprint density at radius 2 is 1.57 bits per heavy atom. The number of likely N-dealkylation sites (tertiary alicyclic amines) is 1. The summed E-state index contributed by atoms with van der Waals surface area (Å²) in [5.74, 6) is 1.68. The molecule has 0 bridgehead atoms. The molecule has 1 aliphatic rings. The second-order valence-electron chi connectivity index (χ2n) is 8.36. The SMILES string of the molecule is CCCC[C@@H]1CN(C(=O)Cc2ccccc2)[C@@H](Cc2ccccc2)C[C@@H]1CC. The molecule has 2 aromatic carbocycles. The summed E-state index contributed by atoms with van der Waals surface area (Å²) in [5, 5.41) is 0. The number of amides is 1. The van der Waals surface area contributed by atoms with Gasteiger partial charge in [0.05, 0.1) is 6.42 Å². The van der Waals surface area contributed by atoms with Gasteiger partial charge in [-0.1, -0.05) is 93.8 Å². The molecule has 1 saturated heterocycles. The van der Waals surface area contributed by atoms with Gasteiger partial charge in [0.15, 0.2) is 0 Å². The lowest BCUT2D eigenvalue weighted by atomic mass is 9.76. The molecule has 3 atom stereocenters. The summed E-state index contributed by atoms with van der Waals surface area (Å²) >= 11 is 0. The minimum absolute atomic E-state index is 0.295. The Kier molecular flexibility index (Phi) is 7.71. The molecule has 0 aliphatic carbocycles. The van der Waals surface area contributed by atoms with E-state index < -0.39 is 0 Å². The number of carbonyl (C=O) groups excluding carboxylic acids is 1. The van der Waals surface area contributed by atoms with Crippen LogP contribution in [0.1, 0.15) is 57.1 Å². The van der Waals surface area contributed by atoms with Crippen LogP contribution in [0.5, 0.6) is 0 Å². The smallest absolute Gasteiger partial charge is 0.227 e. The Bertz CT molecular complexity index is 712. The zero-order chi connectivity index (χ0) is 19.8. The normalized spacial score (nSPS) is 22.2. The fraction of sp³-hybridized carbons (Fsp3) is 0.500. The van der Waals surface area contributed by atoms with Crippen LogP contribution in [0.4, 0.5) is 0 Å². The van der Waals surface area contributed by atoms with Crippen LogP contribution in [0.25, 0.3) is 0 Å². The van der Waals surface area contributed by atoms with Crippen molar-refractivity contribution in [2.24, 2.45) is 11.8 Å². The van der Waals surface area contributed by atoms with Crippen molar-refractivity contribution >= 4 is 5.91 Å². The second-order valence-corrected chi connectivity index (χ2v) is 8.36. The topological polar surface area (TPSA) is 20.3 Å². The highest BCUT2D eigenvalue weighted by Crippen LogP contribution is 2.35. The van der Waals surface area contributed by atoms with Crippen LogP contribution in [0.2, 0.25) is 0 Å². The molecule has 0 radical (unpaired) electrons. The van der Waals surface area contributed by atoms with Crippen LogP contribution >= 0.6 is 0 Å². The molecule has 2 aromatic rings. The molecule has 1 aliphatic heterocycles. The Morgan fingerprint density at radius 3 is 2.18 bits per heavy atom. The second kappa shape index (κ2) is 10.5. The molecule has 0 saturated carbocycles. The standard InChI is InChI=1S/C26H35NO/c1-3-5-16-24-20-27(26(28)18-22-14-10-7-11-15-22)25(19-23(24)4-2)17-21-12-8-6-9-13-21/h6-15,23-25H,3-5,16-20H2,1-2H3/t23-,24+,25-/m0/s1. The molecule has 0 unspecified atom stereocenters. The van der Waals surface area contributed by atoms with E-state index in [1.165, 1.54) is 31.2 Å². The van der Waals surface area contributed by atoms with Crippen molar-refractivity contribution < 1.29 is 4.79 Å². The van der Waals surface area contributed by atoms with Gasteiger partial charge in [-0.15, -0.1) is 0 Å². The molecule has 0 spiro atoms. The van der Waals surface area contributed by atoms with E-state index in [0.717, 1.165) is 30.9 Å². The zero-order valence-electron chi connectivity index (χ0n) is 17.5. The summed E-state index contributed by atoms with van der Waals surface area (Å²) in [7, 11) is 0. The first-order chi connectivity index (χ1) is 13.7. The average molecular weight is 378 g/mol. The predicted molar refractivity (Wildman–Crippen MR) is 117 cm³/mol. The fourth-order valence-electron chi connectivity index (χ4n) is 4.77. The van der Waals surface area contributed by atoms with Crippen LogP contribution in [0.15, 0.2) is 60.7 Å². The predicted octanol–water partition coefficient (Wildman–Crippen LogP) is 5.91. The lowest BCUT2D eigenvalue weighted by Gasteiger charge is -2.44. The highest BCUT2D eigenvalue weighted by atomic mass is 16.2. The third kappa shape index (κ3) is 5.47. The van der Waals surface area contributed by atoms with Gasteiger partial charge in [-0.2, -0.15) is 0 Å². The first-order valence-electron chi connectivity index (χ1n) is 11.1. The van der Waals surface area contributed by atoms with Crippen molar-refractivity contribution in [2.75, 3.05) is 6.54 Å². The number of carbonyl (C=O) groups is 1. The first kappa shape index (κ1) is 20.6. The summed E-state index contributed by atoms with van der Waals surface area (Å²) in [4.78, 5) is 15.5. The number of unbranched alkanes of at least 4 members (excludes halogenated alkanes) is 1. The van der Waals surface area contributed by atoms with Gasteiger partial charge in [-0.25, -0.2) is 0 Å². The van der Waals surface area contributed by atoms with Crippen LogP contribution in [0.3, 0.4) is 0 Å². The van der Waals surface area contributed by atoms with Gasteiger partial charge in [0.25, 0.3) is 0 Å². The molecular formula is C26H35NO. The fourth-order valence-corrected chi connectivity index (χ4v) is 4.77. The Hall–Kier alpha value is -2.09. The molecule has 2 nitrogen and oxygen atoms in total. The van der Waals surface area contributed by atoms with Gasteiger partial charge < -0.3 is 4.90 Å². The third-order valence-corrected chi connectivity index (χ3v) is 6.40. The summed E-state index contributed by atoms with van der Waals surface area (Å²) in [6.45, 7) is 5.52. The number of hydrogen-bond donors (Lipinski definition) is 0. The van der Waals surface area contributed by atoms with Crippen LogP contribution in [-0.4, -0.2) is 23.4 Å². The van der Waals surface area contributed by atoms with Gasteiger partial charge in [-0.05, 0) is 42.2 Å². The number of nitrogens with zero attached hydrogens (tertiary/aromatic N) is 1. The van der Waals surface area contributed by atoms with Crippen molar-refractivity contribution in [1.29, 1.82) is 0 Å². The number of rotatable bonds is 8. The summed E-state index contributed by atoms with van der Waals surface area (Å²) in [5.41, 5.74) is 2.46. The van der Waals surface area contributed by atoms with E-state index in [9.17, 15) is 4.79 Å². The van der Waals surface area contributed by atoms with Gasteiger partial charge in [-0.3, -0.25) is 4.79 Å². The molecule has 0 aromatic heterocycles. The number of hydrogen-bond acceptors (Lipinski definition) is 1. The molecule has 2 heteroatoms. The van der Waals surface area contributed by atoms with E-state index in [4.69, 9.17) is 0 Å². The molecule has 0 N–H and O–H groups in total. The van der Waals surface area contributed by atoms with Crippen LogP contribution in [0, 0.1) is 11.8 Å². The van der Waals surface area contributed by atoms with Gasteiger partial charge >= 0.3 is 0 Å². The quantitative estimate of drug-likeness (QED) is 0.560. The molecule has 3 rings (SSSR count). The van der Waals surface area contributed by atoms with Crippen LogP contribution < -0.4 is 0 Å². The van der Waals surface area contributed by atoms with E-state index >= 15 is 0 Å². The van der Waals surface area contributed by atoms with E-state index in [1.54, 1.807) is 0 Å².